The molecule has 4 N–H and O–H groups in total. The minimum absolute atomic E-state index is 0.134. The van der Waals surface area contributed by atoms with Crippen LogP contribution < -0.4 is 15.4 Å². The highest BCUT2D eigenvalue weighted by atomic mass is 79.9. The molecule has 3 aromatic rings. The third-order valence-electron chi connectivity index (χ3n) is 5.02. The molecule has 0 amide bonds. The monoisotopic (exact) mass is 455 g/mol. The van der Waals surface area contributed by atoms with E-state index in [1.807, 2.05) is 36.4 Å². The molecule has 2 unspecified atom stereocenters. The lowest BCUT2D eigenvalue weighted by Gasteiger charge is -2.30. The minimum Gasteiger partial charge on any atom is -0.507 e. The maximum Gasteiger partial charge on any atom is 0.186 e. The average molecular weight is 456 g/mol. The van der Waals surface area contributed by atoms with Gasteiger partial charge in [-0.3, -0.25) is 0 Å². The Morgan fingerprint density at radius 1 is 1.07 bits per heavy atom. The summed E-state index contributed by atoms with van der Waals surface area (Å²) in [6.45, 7) is 0. The van der Waals surface area contributed by atoms with E-state index in [1.54, 1.807) is 25.3 Å². The third-order valence-corrected chi connectivity index (χ3v) is 5.51. The highest BCUT2D eigenvalue weighted by molar-refractivity contribution is 9.10. The first kappa shape index (κ1) is 19.5. The Labute approximate surface area is 177 Å². The van der Waals surface area contributed by atoms with Crippen LogP contribution in [0.4, 0.5) is 4.39 Å². The van der Waals surface area contributed by atoms with E-state index in [9.17, 15) is 9.50 Å². The fourth-order valence-electron chi connectivity index (χ4n) is 3.53. The first-order valence-electron chi connectivity index (χ1n) is 9.25. The number of ether oxygens (including phenoxy) is 1. The Bertz CT molecular complexity index is 1050. The van der Waals surface area contributed by atoms with Crippen molar-refractivity contribution in [3.8, 4) is 11.5 Å². The van der Waals surface area contributed by atoms with Gasteiger partial charge < -0.3 is 20.5 Å². The van der Waals surface area contributed by atoms with Crippen LogP contribution in [0, 0.1) is 5.82 Å². The van der Waals surface area contributed by atoms with Gasteiger partial charge in [0.15, 0.2) is 6.17 Å². The van der Waals surface area contributed by atoms with Gasteiger partial charge in [-0.1, -0.05) is 28.1 Å². The standard InChI is InChI=1S/C23H20BrFN2O2/c1-29-18-4-2-3-15(11-18)20-13-21(19-12-16(24)7-10-22(19)28)27-23(26-20)14-5-8-17(25)9-6-14/h2-13,21,23,26-28H,1H3/p+1. The summed E-state index contributed by atoms with van der Waals surface area (Å²) in [7, 11) is 1.64. The van der Waals surface area contributed by atoms with Gasteiger partial charge in [-0.15, -0.1) is 0 Å². The van der Waals surface area contributed by atoms with Crippen molar-refractivity contribution in [1.29, 1.82) is 0 Å². The highest BCUT2D eigenvalue weighted by Crippen LogP contribution is 2.31. The van der Waals surface area contributed by atoms with E-state index < -0.39 is 0 Å². The van der Waals surface area contributed by atoms with Crippen molar-refractivity contribution in [1.82, 2.24) is 5.32 Å². The number of rotatable bonds is 4. The van der Waals surface area contributed by atoms with Crippen LogP contribution in [0.2, 0.25) is 0 Å². The average Bonchev–Trinajstić information content (AvgIpc) is 2.75. The van der Waals surface area contributed by atoms with Gasteiger partial charge in [0.05, 0.1) is 12.7 Å². The zero-order valence-corrected chi connectivity index (χ0v) is 17.4. The maximum atomic E-state index is 13.4. The molecular formula is C23H21BrFN2O2+. The second kappa shape index (κ2) is 8.27. The molecule has 148 valence electrons. The predicted molar refractivity (Wildman–Crippen MR) is 114 cm³/mol. The quantitative estimate of drug-likeness (QED) is 0.550. The number of phenolic OH excluding ortho intramolecular Hbond substituents is 1. The molecule has 4 nitrogen and oxygen atoms in total. The summed E-state index contributed by atoms with van der Waals surface area (Å²) in [5.74, 6) is 0.727. The van der Waals surface area contributed by atoms with Crippen LogP contribution in [0.15, 0.2) is 77.3 Å². The van der Waals surface area contributed by atoms with Crippen LogP contribution in [0.1, 0.15) is 28.9 Å². The van der Waals surface area contributed by atoms with Gasteiger partial charge in [-0.25, -0.2) is 4.39 Å². The van der Waals surface area contributed by atoms with Gasteiger partial charge in [-0.2, -0.15) is 0 Å². The van der Waals surface area contributed by atoms with Crippen LogP contribution in [0.25, 0.3) is 5.70 Å². The molecule has 0 radical (unpaired) electrons. The summed E-state index contributed by atoms with van der Waals surface area (Å²) in [6.07, 6.45) is 1.93. The second-order valence-corrected chi connectivity index (χ2v) is 7.82. The fraction of sp³-hybridized carbons (Fsp3) is 0.130. The van der Waals surface area contributed by atoms with Gasteiger partial charge in [0.2, 0.25) is 0 Å². The molecule has 0 spiro atoms. The second-order valence-electron chi connectivity index (χ2n) is 6.91. The number of hydrogen-bond donors (Lipinski definition) is 3. The van der Waals surface area contributed by atoms with E-state index in [1.165, 1.54) is 12.1 Å². The molecule has 0 aromatic heterocycles. The molecule has 1 aliphatic heterocycles. The van der Waals surface area contributed by atoms with E-state index >= 15 is 0 Å². The van der Waals surface area contributed by atoms with Gasteiger partial charge in [0, 0.05) is 27.4 Å². The Morgan fingerprint density at radius 2 is 1.86 bits per heavy atom. The van der Waals surface area contributed by atoms with Gasteiger partial charge in [0.25, 0.3) is 0 Å². The summed E-state index contributed by atoms with van der Waals surface area (Å²) in [5, 5.41) is 16.1. The number of phenols is 1. The van der Waals surface area contributed by atoms with E-state index in [0.717, 1.165) is 32.6 Å². The Morgan fingerprint density at radius 3 is 2.62 bits per heavy atom. The SMILES string of the molecule is COc1cccc(C2=CC(c3cc(Br)ccc3O)[NH2+]C(c3ccc(F)cc3)N2)c1. The number of hydrogen-bond acceptors (Lipinski definition) is 3. The van der Waals surface area contributed by atoms with Crippen LogP contribution in [0.3, 0.4) is 0 Å². The zero-order chi connectivity index (χ0) is 20.4. The molecule has 0 saturated carbocycles. The molecule has 1 aliphatic rings. The summed E-state index contributed by atoms with van der Waals surface area (Å²) < 4.78 is 19.7. The van der Waals surface area contributed by atoms with E-state index in [0.29, 0.717) is 0 Å². The number of quaternary nitrogens is 1. The van der Waals surface area contributed by atoms with Gasteiger partial charge in [0.1, 0.15) is 23.4 Å². The smallest absolute Gasteiger partial charge is 0.186 e. The minimum atomic E-state index is -0.269. The summed E-state index contributed by atoms with van der Waals surface area (Å²) in [5.41, 5.74) is 3.64. The largest absolute Gasteiger partial charge is 0.507 e. The van der Waals surface area contributed by atoms with E-state index in [4.69, 9.17) is 4.74 Å². The number of methoxy groups -OCH3 is 1. The van der Waals surface area contributed by atoms with Crippen molar-refractivity contribution >= 4 is 21.6 Å². The fourth-order valence-corrected chi connectivity index (χ4v) is 3.91. The van der Waals surface area contributed by atoms with Crippen molar-refractivity contribution < 1.29 is 19.6 Å². The maximum absolute atomic E-state index is 13.4. The van der Waals surface area contributed by atoms with Crippen molar-refractivity contribution in [2.75, 3.05) is 7.11 Å². The van der Waals surface area contributed by atoms with Crippen molar-refractivity contribution in [3.63, 3.8) is 0 Å². The van der Waals surface area contributed by atoms with Crippen LogP contribution in [-0.4, -0.2) is 12.2 Å². The van der Waals surface area contributed by atoms with Gasteiger partial charge in [-0.05, 0) is 54.6 Å². The molecule has 29 heavy (non-hydrogen) atoms. The van der Waals surface area contributed by atoms with Crippen LogP contribution >= 0.6 is 15.9 Å². The first-order valence-corrected chi connectivity index (χ1v) is 10.0. The normalized spacial score (nSPS) is 18.7. The molecular weight excluding hydrogens is 435 g/mol. The van der Waals surface area contributed by atoms with E-state index in [2.05, 4.69) is 32.6 Å². The van der Waals surface area contributed by atoms with Crippen molar-refractivity contribution in [3.05, 3.63) is 99.8 Å². The summed E-state index contributed by atoms with van der Waals surface area (Å²) >= 11 is 3.49. The number of nitrogens with one attached hydrogen (secondary N) is 1. The lowest BCUT2D eigenvalue weighted by Crippen LogP contribution is -2.89. The van der Waals surface area contributed by atoms with Crippen LogP contribution in [-0.2, 0) is 0 Å². The molecule has 1 heterocycles. The highest BCUT2D eigenvalue weighted by Gasteiger charge is 2.29. The van der Waals surface area contributed by atoms with Crippen molar-refractivity contribution in [2.45, 2.75) is 12.2 Å². The Hall–Kier alpha value is -2.83. The molecule has 0 saturated heterocycles. The number of benzene rings is 3. The molecule has 0 bridgehead atoms. The molecule has 0 aliphatic carbocycles. The van der Waals surface area contributed by atoms with E-state index in [-0.39, 0.29) is 23.8 Å². The predicted octanol–water partition coefficient (Wildman–Crippen LogP) is 4.25. The molecule has 0 fully saturated rings. The third kappa shape index (κ3) is 4.28. The van der Waals surface area contributed by atoms with Crippen molar-refractivity contribution in [2.24, 2.45) is 0 Å². The zero-order valence-electron chi connectivity index (χ0n) is 15.8. The van der Waals surface area contributed by atoms with Crippen LogP contribution in [0.5, 0.6) is 11.5 Å². The Balaban J connectivity index is 1.78. The molecule has 4 rings (SSSR count). The number of halogens is 2. The summed E-state index contributed by atoms with van der Waals surface area (Å²) in [6, 6.07) is 19.5. The molecule has 6 heteroatoms. The number of aromatic hydroxyl groups is 1. The molecule has 3 aromatic carbocycles. The lowest BCUT2D eigenvalue weighted by atomic mass is 9.98. The topological polar surface area (TPSA) is 58.1 Å². The number of nitrogens with two attached hydrogens (primary N) is 1. The summed E-state index contributed by atoms with van der Waals surface area (Å²) in [4.78, 5) is 0. The first-order chi connectivity index (χ1) is 14.0. The lowest BCUT2D eigenvalue weighted by molar-refractivity contribution is -0.731. The molecule has 2 atom stereocenters. The van der Waals surface area contributed by atoms with Gasteiger partial charge >= 0.3 is 0 Å². The Kier molecular flexibility index (Phi) is 5.56.